The predicted molar refractivity (Wildman–Crippen MR) is 77.9 cm³/mol. The molecule has 2 heterocycles. The zero-order valence-electron chi connectivity index (χ0n) is 11.4. The summed E-state index contributed by atoms with van der Waals surface area (Å²) in [4.78, 5) is 13.8. The van der Waals surface area contributed by atoms with E-state index in [0.717, 1.165) is 27.8 Å². The molecule has 4 heteroatoms. The number of nitrogens with one attached hydrogen (secondary N) is 1. The molecule has 4 rings (SSSR count). The zero-order chi connectivity index (χ0) is 14.4. The van der Waals surface area contributed by atoms with E-state index in [0.29, 0.717) is 19.6 Å². The van der Waals surface area contributed by atoms with E-state index in [1.165, 1.54) is 5.56 Å². The molecule has 0 saturated carbocycles. The largest absolute Gasteiger partial charge is 0.348 e. The van der Waals surface area contributed by atoms with Gasteiger partial charge in [-0.1, -0.05) is 36.4 Å². The van der Waals surface area contributed by atoms with Gasteiger partial charge in [-0.3, -0.25) is 4.79 Å². The van der Waals surface area contributed by atoms with Crippen LogP contribution in [0.15, 0.2) is 36.4 Å². The summed E-state index contributed by atoms with van der Waals surface area (Å²) in [5.41, 5.74) is 6.20. The van der Waals surface area contributed by atoms with Crippen LogP contribution in [0.1, 0.15) is 27.0 Å². The number of benzene rings is 2. The normalized spacial score (nSPS) is 15.4. The van der Waals surface area contributed by atoms with Crippen molar-refractivity contribution in [2.45, 2.75) is 19.6 Å². The van der Waals surface area contributed by atoms with Crippen LogP contribution in [0.5, 0.6) is 0 Å². The molecule has 0 aliphatic carbocycles. The van der Waals surface area contributed by atoms with E-state index in [2.05, 4.69) is 17.6 Å². The molecule has 1 amide bonds. The minimum absolute atomic E-state index is 0.00617. The highest BCUT2D eigenvalue weighted by molar-refractivity contribution is 6.04. The lowest BCUT2D eigenvalue weighted by Gasteiger charge is -2.11. The minimum atomic E-state index is -0.00617. The van der Waals surface area contributed by atoms with Crippen LogP contribution in [-0.4, -0.2) is 10.8 Å². The van der Waals surface area contributed by atoms with Crippen molar-refractivity contribution in [3.05, 3.63) is 58.7 Å². The van der Waals surface area contributed by atoms with Crippen molar-refractivity contribution in [3.63, 3.8) is 0 Å². The van der Waals surface area contributed by atoms with E-state index in [1.807, 2.05) is 30.3 Å². The zero-order valence-corrected chi connectivity index (χ0v) is 11.4. The summed E-state index contributed by atoms with van der Waals surface area (Å²) in [6.45, 7) is 1.87. The lowest BCUT2D eigenvalue weighted by atomic mass is 9.92. The van der Waals surface area contributed by atoms with Gasteiger partial charge >= 0.3 is 0 Å². The summed E-state index contributed by atoms with van der Waals surface area (Å²) < 4.78 is 0. The summed E-state index contributed by atoms with van der Waals surface area (Å²) in [6.07, 6.45) is 2.20. The second-order valence-electron chi connectivity index (χ2n) is 5.42. The highest BCUT2D eigenvalue weighted by Gasteiger charge is 2.26. The fourth-order valence-corrected chi connectivity index (χ4v) is 3.25. The topological polar surface area (TPSA) is 56.1 Å². The molecule has 0 aromatic heterocycles. The molecule has 4 nitrogen and oxygen atoms in total. The molecule has 2 aliphatic heterocycles. The van der Waals surface area contributed by atoms with Crippen LogP contribution in [0.25, 0.3) is 11.1 Å². The molecular weight excluding hydrogens is 262 g/mol. The Morgan fingerprint density at radius 1 is 1.05 bits per heavy atom. The van der Waals surface area contributed by atoms with Crippen LogP contribution in [0, 0.1) is 11.5 Å². The van der Waals surface area contributed by atoms with Gasteiger partial charge < -0.3 is 10.2 Å². The Morgan fingerprint density at radius 3 is 2.62 bits per heavy atom. The Hall–Kier alpha value is -2.80. The summed E-state index contributed by atoms with van der Waals surface area (Å²) >= 11 is 0. The monoisotopic (exact) mass is 275 g/mol. The molecule has 0 atom stereocenters. The number of amides is 1. The molecule has 2 aliphatic rings. The van der Waals surface area contributed by atoms with Crippen molar-refractivity contribution in [2.75, 3.05) is 0 Å². The number of carbonyl (C=O) groups is 1. The molecule has 0 bridgehead atoms. The highest BCUT2D eigenvalue weighted by atomic mass is 16.1. The number of nitriles is 1. The summed E-state index contributed by atoms with van der Waals surface area (Å²) in [5.74, 6) is -0.00617. The van der Waals surface area contributed by atoms with Gasteiger partial charge in [0.05, 0.1) is 18.7 Å². The first-order chi connectivity index (χ1) is 10.3. The van der Waals surface area contributed by atoms with Crippen LogP contribution in [0.4, 0.5) is 0 Å². The fraction of sp³-hybridized carbons (Fsp3) is 0.176. The minimum Gasteiger partial charge on any atom is -0.348 e. The molecule has 1 N–H and O–H groups in total. The van der Waals surface area contributed by atoms with Crippen molar-refractivity contribution in [1.82, 2.24) is 10.2 Å². The van der Waals surface area contributed by atoms with E-state index in [4.69, 9.17) is 5.26 Å². The number of hydrogen-bond acceptors (Lipinski definition) is 3. The number of nitrogens with zero attached hydrogens (tertiary/aromatic N) is 2. The first-order valence-corrected chi connectivity index (χ1v) is 6.94. The maximum atomic E-state index is 12.1. The third-order valence-corrected chi connectivity index (χ3v) is 4.23. The van der Waals surface area contributed by atoms with Gasteiger partial charge in [0.15, 0.2) is 6.19 Å². The lowest BCUT2D eigenvalue weighted by molar-refractivity contribution is 0.0966. The average Bonchev–Trinajstić information content (AvgIpc) is 3.10. The molecule has 102 valence electrons. The van der Waals surface area contributed by atoms with Crippen LogP contribution < -0.4 is 5.32 Å². The van der Waals surface area contributed by atoms with Crippen LogP contribution in [0.3, 0.4) is 0 Å². The predicted octanol–water partition coefficient (Wildman–Crippen LogP) is 2.39. The fourth-order valence-electron chi connectivity index (χ4n) is 3.25. The van der Waals surface area contributed by atoms with Crippen LogP contribution in [-0.2, 0) is 19.6 Å². The van der Waals surface area contributed by atoms with Gasteiger partial charge in [0.2, 0.25) is 0 Å². The van der Waals surface area contributed by atoms with Gasteiger partial charge in [-0.25, -0.2) is 0 Å². The molecule has 0 fully saturated rings. The number of carbonyl (C=O) groups excluding carboxylic acids is 1. The van der Waals surface area contributed by atoms with Gasteiger partial charge in [0.25, 0.3) is 5.91 Å². The van der Waals surface area contributed by atoms with Gasteiger partial charge in [-0.15, -0.1) is 0 Å². The van der Waals surface area contributed by atoms with Crippen LogP contribution >= 0.6 is 0 Å². The molecule has 2 aromatic carbocycles. The lowest BCUT2D eigenvalue weighted by Crippen LogP contribution is -2.13. The van der Waals surface area contributed by atoms with E-state index < -0.39 is 0 Å². The first kappa shape index (κ1) is 12.0. The average molecular weight is 275 g/mol. The van der Waals surface area contributed by atoms with E-state index >= 15 is 0 Å². The summed E-state index contributed by atoms with van der Waals surface area (Å²) in [7, 11) is 0. The molecule has 2 aromatic rings. The number of rotatable bonds is 1. The summed E-state index contributed by atoms with van der Waals surface area (Å²) in [5, 5.41) is 12.0. The Labute approximate surface area is 122 Å². The molecule has 21 heavy (non-hydrogen) atoms. The van der Waals surface area contributed by atoms with Crippen molar-refractivity contribution in [3.8, 4) is 17.3 Å². The van der Waals surface area contributed by atoms with E-state index in [-0.39, 0.29) is 5.91 Å². The SMILES string of the molecule is N#CN1Cc2cccc(-c3cccc4c3C(=O)NC4)c2C1. The first-order valence-electron chi connectivity index (χ1n) is 6.94. The van der Waals surface area contributed by atoms with Crippen molar-refractivity contribution < 1.29 is 4.79 Å². The molecule has 0 unspecified atom stereocenters. The van der Waals surface area contributed by atoms with Gasteiger partial charge in [0.1, 0.15) is 0 Å². The third-order valence-electron chi connectivity index (χ3n) is 4.23. The number of fused-ring (bicyclic) bond motifs is 2. The van der Waals surface area contributed by atoms with Gasteiger partial charge in [0, 0.05) is 6.54 Å². The number of hydrogen-bond donors (Lipinski definition) is 1. The maximum absolute atomic E-state index is 12.1. The Morgan fingerprint density at radius 2 is 1.81 bits per heavy atom. The Kier molecular flexibility index (Phi) is 2.48. The van der Waals surface area contributed by atoms with Crippen molar-refractivity contribution >= 4 is 5.91 Å². The van der Waals surface area contributed by atoms with E-state index in [9.17, 15) is 4.79 Å². The Balaban J connectivity index is 1.92. The third kappa shape index (κ3) is 1.71. The van der Waals surface area contributed by atoms with E-state index in [1.54, 1.807) is 4.90 Å². The van der Waals surface area contributed by atoms with Gasteiger partial charge in [-0.2, -0.15) is 5.26 Å². The molecule has 0 radical (unpaired) electrons. The molecule has 0 spiro atoms. The smallest absolute Gasteiger partial charge is 0.252 e. The quantitative estimate of drug-likeness (QED) is 0.813. The van der Waals surface area contributed by atoms with Crippen LogP contribution in [0.2, 0.25) is 0 Å². The molecule has 0 saturated heterocycles. The van der Waals surface area contributed by atoms with Gasteiger partial charge in [-0.05, 0) is 27.8 Å². The van der Waals surface area contributed by atoms with Crippen molar-refractivity contribution in [2.24, 2.45) is 0 Å². The maximum Gasteiger partial charge on any atom is 0.252 e. The highest BCUT2D eigenvalue weighted by Crippen LogP contribution is 2.36. The molecular formula is C17H13N3O. The standard InChI is InChI=1S/C17H13N3O/c18-10-20-8-12-4-2-5-13(15(12)9-20)14-6-1-3-11-7-19-17(21)16(11)14/h1-6H,7-9H2,(H,19,21). The van der Waals surface area contributed by atoms with Crippen molar-refractivity contribution in [1.29, 1.82) is 5.26 Å². The second-order valence-corrected chi connectivity index (χ2v) is 5.42. The summed E-state index contributed by atoms with van der Waals surface area (Å²) in [6, 6.07) is 12.1. The Bertz CT molecular complexity index is 804. The second kappa shape index (κ2) is 4.35.